The van der Waals surface area contributed by atoms with E-state index in [0.29, 0.717) is 11.4 Å². The fourth-order valence-electron chi connectivity index (χ4n) is 4.12. The molecule has 1 N–H and O–H groups in total. The highest BCUT2D eigenvalue weighted by molar-refractivity contribution is 6.12. The number of aromatic nitrogens is 3. The van der Waals surface area contributed by atoms with Gasteiger partial charge >= 0.3 is 0 Å². The third kappa shape index (κ3) is 7.63. The largest absolute Gasteiger partial charge is 0.491 e. The third-order valence-corrected chi connectivity index (χ3v) is 6.06. The number of aliphatic hydroxyl groups excluding tert-OH is 1. The zero-order chi connectivity index (χ0) is 26.7. The van der Waals surface area contributed by atoms with Gasteiger partial charge in [-0.25, -0.2) is 4.68 Å². The Hall–Kier alpha value is -4.75. The lowest BCUT2D eigenvalue weighted by Crippen LogP contribution is -2.23. The van der Waals surface area contributed by atoms with Gasteiger partial charge in [-0.15, -0.1) is 5.10 Å². The van der Waals surface area contributed by atoms with Crippen LogP contribution >= 0.6 is 0 Å². The number of hydrogen-bond acceptors (Lipinski definition) is 6. The summed E-state index contributed by atoms with van der Waals surface area (Å²) in [5.74, 6) is 0.712. The minimum absolute atomic E-state index is 0.144. The third-order valence-electron chi connectivity index (χ3n) is 6.06. The molecule has 0 fully saturated rings. The Morgan fingerprint density at radius 3 is 2.00 bits per heavy atom. The van der Waals surface area contributed by atoms with Crippen molar-refractivity contribution in [2.24, 2.45) is 5.16 Å². The summed E-state index contributed by atoms with van der Waals surface area (Å²) in [4.78, 5) is 5.65. The molecule has 0 saturated carbocycles. The van der Waals surface area contributed by atoms with Gasteiger partial charge in [0.1, 0.15) is 29.9 Å². The summed E-state index contributed by atoms with van der Waals surface area (Å²) in [7, 11) is 0. The van der Waals surface area contributed by atoms with Gasteiger partial charge in [0.2, 0.25) is 0 Å². The van der Waals surface area contributed by atoms with E-state index in [2.05, 4.69) is 27.6 Å². The lowest BCUT2D eigenvalue weighted by atomic mass is 10.0. The zero-order valence-electron chi connectivity index (χ0n) is 21.5. The molecule has 7 nitrogen and oxygen atoms in total. The number of benzene rings is 4. The van der Waals surface area contributed by atoms with Crippen LogP contribution in [0.1, 0.15) is 27.9 Å². The Morgan fingerprint density at radius 1 is 0.769 bits per heavy atom. The van der Waals surface area contributed by atoms with Gasteiger partial charge in [0.05, 0.1) is 12.7 Å². The van der Waals surface area contributed by atoms with Crippen LogP contribution in [0, 0.1) is 0 Å². The summed E-state index contributed by atoms with van der Waals surface area (Å²) in [6.07, 6.45) is 1.86. The molecule has 0 radical (unpaired) electrons. The average molecular weight is 519 g/mol. The van der Waals surface area contributed by atoms with E-state index in [1.54, 1.807) is 10.9 Å². The quantitative estimate of drug-likeness (QED) is 0.180. The molecule has 0 spiro atoms. The maximum atomic E-state index is 10.5. The molecule has 196 valence electrons. The molecule has 1 aromatic heterocycles. The number of rotatable bonds is 12. The smallest absolute Gasteiger partial charge is 0.162 e. The van der Waals surface area contributed by atoms with Crippen LogP contribution in [0.4, 0.5) is 0 Å². The van der Waals surface area contributed by atoms with Gasteiger partial charge in [0.15, 0.2) is 6.61 Å². The molecule has 0 aliphatic rings. The van der Waals surface area contributed by atoms with E-state index < -0.39 is 6.10 Å². The molecular formula is C32H30N4O3. The van der Waals surface area contributed by atoms with Crippen molar-refractivity contribution in [2.45, 2.75) is 25.7 Å². The van der Waals surface area contributed by atoms with Crippen LogP contribution in [0.15, 0.2) is 127 Å². The Bertz CT molecular complexity index is 1410. The lowest BCUT2D eigenvalue weighted by molar-refractivity contribution is 0.0887. The van der Waals surface area contributed by atoms with Gasteiger partial charge in [-0.1, -0.05) is 113 Å². The van der Waals surface area contributed by atoms with Gasteiger partial charge in [0.25, 0.3) is 0 Å². The van der Waals surface area contributed by atoms with Crippen LogP contribution < -0.4 is 4.74 Å². The molecular weight excluding hydrogens is 488 g/mol. The maximum Gasteiger partial charge on any atom is 0.162 e. The van der Waals surface area contributed by atoms with Crippen molar-refractivity contribution in [1.29, 1.82) is 0 Å². The molecule has 0 saturated heterocycles. The minimum atomic E-state index is -0.745. The van der Waals surface area contributed by atoms with E-state index in [0.717, 1.165) is 23.3 Å². The van der Waals surface area contributed by atoms with Crippen molar-refractivity contribution in [2.75, 3.05) is 6.61 Å². The Balaban J connectivity index is 1.11. The first-order chi connectivity index (χ1) is 19.2. The molecule has 39 heavy (non-hydrogen) atoms. The topological polar surface area (TPSA) is 81.8 Å². The van der Waals surface area contributed by atoms with E-state index in [-0.39, 0.29) is 19.8 Å². The second kappa shape index (κ2) is 13.2. The zero-order valence-corrected chi connectivity index (χ0v) is 21.5. The molecule has 0 bridgehead atoms. The lowest BCUT2D eigenvalue weighted by Gasteiger charge is -2.12. The molecule has 1 atom stereocenters. The number of ether oxygens (including phenoxy) is 1. The molecule has 5 aromatic rings. The van der Waals surface area contributed by atoms with Crippen molar-refractivity contribution in [3.8, 4) is 5.75 Å². The molecule has 1 heterocycles. The molecule has 0 aliphatic carbocycles. The van der Waals surface area contributed by atoms with Crippen molar-refractivity contribution >= 4 is 5.71 Å². The van der Waals surface area contributed by atoms with Gasteiger partial charge in [-0.05, 0) is 29.7 Å². The van der Waals surface area contributed by atoms with Crippen LogP contribution in [0.5, 0.6) is 5.75 Å². The maximum absolute atomic E-state index is 10.5. The van der Waals surface area contributed by atoms with Crippen molar-refractivity contribution in [3.05, 3.63) is 149 Å². The minimum Gasteiger partial charge on any atom is -0.491 e. The van der Waals surface area contributed by atoms with Crippen molar-refractivity contribution in [3.63, 3.8) is 0 Å². The van der Waals surface area contributed by atoms with Crippen molar-refractivity contribution < 1.29 is 14.7 Å². The molecule has 0 amide bonds. The van der Waals surface area contributed by atoms with Gasteiger partial charge in [-0.3, -0.25) is 0 Å². The van der Waals surface area contributed by atoms with Crippen LogP contribution in [0.2, 0.25) is 0 Å². The van der Waals surface area contributed by atoms with Crippen LogP contribution in [-0.4, -0.2) is 38.5 Å². The number of oxime groups is 1. The van der Waals surface area contributed by atoms with Crippen LogP contribution in [0.25, 0.3) is 0 Å². The summed E-state index contributed by atoms with van der Waals surface area (Å²) in [5, 5.41) is 23.1. The first-order valence-corrected chi connectivity index (χ1v) is 12.9. The second-order valence-electron chi connectivity index (χ2n) is 9.15. The van der Waals surface area contributed by atoms with Gasteiger partial charge in [-0.2, -0.15) is 0 Å². The molecule has 7 heteroatoms. The Kier molecular flexibility index (Phi) is 8.74. The summed E-state index contributed by atoms with van der Waals surface area (Å²) in [5.41, 5.74) is 5.74. The van der Waals surface area contributed by atoms with Crippen LogP contribution in [0.3, 0.4) is 0 Å². The molecule has 1 unspecified atom stereocenters. The Labute approximate surface area is 228 Å². The molecule has 0 aliphatic heterocycles. The normalized spacial score (nSPS) is 11.5. The van der Waals surface area contributed by atoms with Crippen LogP contribution in [-0.2, 0) is 24.4 Å². The van der Waals surface area contributed by atoms with Gasteiger partial charge in [0, 0.05) is 11.1 Å². The highest BCUT2D eigenvalue weighted by Crippen LogP contribution is 2.16. The predicted molar refractivity (Wildman–Crippen MR) is 151 cm³/mol. The predicted octanol–water partition coefficient (Wildman–Crippen LogP) is 5.28. The first kappa shape index (κ1) is 25.9. The number of aliphatic hydroxyl groups is 1. The summed E-state index contributed by atoms with van der Waals surface area (Å²) >= 11 is 0. The highest BCUT2D eigenvalue weighted by Gasteiger charge is 2.11. The van der Waals surface area contributed by atoms with Crippen molar-refractivity contribution in [1.82, 2.24) is 15.0 Å². The molecule has 4 aromatic carbocycles. The van der Waals surface area contributed by atoms with Gasteiger partial charge < -0.3 is 14.7 Å². The highest BCUT2D eigenvalue weighted by atomic mass is 16.6. The summed E-state index contributed by atoms with van der Waals surface area (Å²) in [6, 6.07) is 38.0. The van der Waals surface area contributed by atoms with E-state index in [4.69, 9.17) is 9.57 Å². The van der Waals surface area contributed by atoms with E-state index in [9.17, 15) is 5.11 Å². The van der Waals surface area contributed by atoms with E-state index in [1.807, 2.05) is 103 Å². The SMILES string of the molecule is OC(COc1ccc(Cc2ccccc2)cc1)Cn1cc(CON=C(c2ccccc2)c2ccccc2)nn1. The molecule has 5 rings (SSSR count). The fraction of sp³-hybridized carbons (Fsp3) is 0.156. The summed E-state index contributed by atoms with van der Waals surface area (Å²) < 4.78 is 7.35. The Morgan fingerprint density at radius 2 is 1.36 bits per heavy atom. The number of nitrogens with zero attached hydrogens (tertiary/aromatic N) is 4. The second-order valence-corrected chi connectivity index (χ2v) is 9.15. The average Bonchev–Trinajstić information content (AvgIpc) is 3.43. The first-order valence-electron chi connectivity index (χ1n) is 12.9. The standard InChI is InChI=1S/C32H30N4O3/c37-30(24-38-31-18-16-26(17-19-31)20-25-10-4-1-5-11-25)22-36-21-29(33-35-36)23-39-34-32(27-12-6-2-7-13-27)28-14-8-3-9-15-28/h1-19,21,30,37H,20,22-24H2. The van der Waals surface area contributed by atoms with E-state index >= 15 is 0 Å². The fourth-order valence-corrected chi connectivity index (χ4v) is 4.12. The van der Waals surface area contributed by atoms with E-state index in [1.165, 1.54) is 11.1 Å². The monoisotopic (exact) mass is 518 g/mol. The summed E-state index contributed by atoms with van der Waals surface area (Å²) in [6.45, 7) is 0.554. The number of hydrogen-bond donors (Lipinski definition) is 1.